The predicted octanol–water partition coefficient (Wildman–Crippen LogP) is 0.758. The number of hydrogen-bond donors (Lipinski definition) is 0. The molecule has 0 bridgehead atoms. The topological polar surface area (TPSA) is 64.2 Å². The Morgan fingerprint density at radius 1 is 0.960 bits per heavy atom. The van der Waals surface area contributed by atoms with E-state index in [1.807, 2.05) is 0 Å². The second-order valence-corrected chi connectivity index (χ2v) is 6.07. The molecule has 3 rings (SSSR count). The number of rotatable bonds is 2. The lowest BCUT2D eigenvalue weighted by Gasteiger charge is -2.39. The number of imide groups is 1. The van der Waals surface area contributed by atoms with Crippen LogP contribution in [-0.4, -0.2) is 78.4 Å². The van der Waals surface area contributed by atoms with E-state index in [0.29, 0.717) is 39.3 Å². The van der Waals surface area contributed by atoms with Crippen LogP contribution in [0.2, 0.25) is 0 Å². The van der Waals surface area contributed by atoms with Gasteiger partial charge >= 0.3 is 17.8 Å². The first kappa shape index (κ1) is 17.2. The van der Waals surface area contributed by atoms with Crippen molar-refractivity contribution in [2.45, 2.75) is 6.92 Å². The molecule has 0 N–H and O–H groups in total. The molecule has 2 saturated heterocycles. The number of carbonyl (C=O) groups is 3. The number of carbonyl (C=O) groups excluding carboxylic acids is 3. The highest BCUT2D eigenvalue weighted by Gasteiger charge is 2.37. The molecule has 2 aliphatic heterocycles. The second-order valence-electron chi connectivity index (χ2n) is 6.07. The van der Waals surface area contributed by atoms with Gasteiger partial charge in [-0.2, -0.15) is 0 Å². The number of likely N-dealkylation sites (N-methyl/N-ethyl adjacent to an activating group) is 1. The molecule has 2 aliphatic rings. The molecular weight excluding hydrogens is 327 g/mol. The third-order valence-electron chi connectivity index (χ3n) is 4.66. The van der Waals surface area contributed by atoms with Crippen molar-refractivity contribution < 1.29 is 18.8 Å². The van der Waals surface area contributed by atoms with Gasteiger partial charge in [-0.1, -0.05) is 0 Å². The summed E-state index contributed by atoms with van der Waals surface area (Å²) in [7, 11) is 0. The highest BCUT2D eigenvalue weighted by molar-refractivity contribution is 6.38. The van der Waals surface area contributed by atoms with Crippen LogP contribution in [0.25, 0.3) is 0 Å². The highest BCUT2D eigenvalue weighted by atomic mass is 19.1. The summed E-state index contributed by atoms with van der Waals surface area (Å²) in [5.41, 5.74) is 0.899. The monoisotopic (exact) mass is 348 g/mol. The lowest BCUT2D eigenvalue weighted by atomic mass is 10.2. The van der Waals surface area contributed by atoms with Gasteiger partial charge in [-0.3, -0.25) is 14.5 Å². The fourth-order valence-electron chi connectivity index (χ4n) is 3.14. The first-order valence-electron chi connectivity index (χ1n) is 8.41. The summed E-state index contributed by atoms with van der Waals surface area (Å²) in [5.74, 6) is -1.65. The van der Waals surface area contributed by atoms with Gasteiger partial charge in [-0.25, -0.2) is 9.18 Å². The molecule has 134 valence electrons. The predicted molar refractivity (Wildman–Crippen MR) is 89.5 cm³/mol. The third-order valence-corrected chi connectivity index (χ3v) is 4.66. The van der Waals surface area contributed by atoms with E-state index < -0.39 is 17.8 Å². The van der Waals surface area contributed by atoms with Crippen molar-refractivity contribution in [3.8, 4) is 0 Å². The molecule has 2 fully saturated rings. The largest absolute Gasteiger partial charge is 0.368 e. The summed E-state index contributed by atoms with van der Waals surface area (Å²) in [6.45, 7) is 4.96. The average Bonchev–Trinajstić information content (AvgIpc) is 2.64. The maximum absolute atomic E-state index is 13.0. The first-order chi connectivity index (χ1) is 12.0. The van der Waals surface area contributed by atoms with Crippen LogP contribution in [0, 0.1) is 5.82 Å². The zero-order valence-corrected chi connectivity index (χ0v) is 14.2. The van der Waals surface area contributed by atoms with Crippen molar-refractivity contribution in [2.24, 2.45) is 0 Å². The normalized spacial score (nSPS) is 18.8. The van der Waals surface area contributed by atoms with Crippen LogP contribution in [0.3, 0.4) is 0 Å². The third kappa shape index (κ3) is 3.42. The lowest BCUT2D eigenvalue weighted by Crippen LogP contribution is -2.60. The number of urea groups is 1. The summed E-state index contributed by atoms with van der Waals surface area (Å²) in [6, 6.07) is 5.82. The van der Waals surface area contributed by atoms with Gasteiger partial charge in [0, 0.05) is 51.5 Å². The van der Waals surface area contributed by atoms with Crippen molar-refractivity contribution in [3.63, 3.8) is 0 Å². The van der Waals surface area contributed by atoms with Crippen LogP contribution in [0.1, 0.15) is 6.92 Å². The molecule has 0 saturated carbocycles. The Hall–Kier alpha value is -2.64. The van der Waals surface area contributed by atoms with E-state index in [1.54, 1.807) is 24.0 Å². The fourth-order valence-corrected chi connectivity index (χ4v) is 3.14. The zero-order chi connectivity index (χ0) is 18.0. The number of anilines is 1. The van der Waals surface area contributed by atoms with Gasteiger partial charge in [0.1, 0.15) is 5.82 Å². The van der Waals surface area contributed by atoms with Crippen LogP contribution in [0.4, 0.5) is 14.9 Å². The SMILES string of the molecule is CCN1CCN(C(=O)N2CCN(c3ccc(F)cc3)CC2)C(=O)C1=O. The van der Waals surface area contributed by atoms with Crippen molar-refractivity contribution in [3.05, 3.63) is 30.1 Å². The summed E-state index contributed by atoms with van der Waals surface area (Å²) in [4.78, 5) is 42.8. The van der Waals surface area contributed by atoms with Crippen molar-refractivity contribution in [1.82, 2.24) is 14.7 Å². The number of halogens is 1. The minimum atomic E-state index is -0.751. The summed E-state index contributed by atoms with van der Waals surface area (Å²) < 4.78 is 13.0. The molecule has 0 aliphatic carbocycles. The zero-order valence-electron chi connectivity index (χ0n) is 14.2. The van der Waals surface area contributed by atoms with E-state index in [2.05, 4.69) is 4.90 Å². The average molecular weight is 348 g/mol. The van der Waals surface area contributed by atoms with Gasteiger partial charge in [-0.15, -0.1) is 0 Å². The van der Waals surface area contributed by atoms with Gasteiger partial charge in [0.05, 0.1) is 0 Å². The van der Waals surface area contributed by atoms with Crippen molar-refractivity contribution in [1.29, 1.82) is 0 Å². The molecule has 4 amide bonds. The molecule has 7 nitrogen and oxygen atoms in total. The van der Waals surface area contributed by atoms with Gasteiger partial charge in [0.25, 0.3) is 0 Å². The Kier molecular flexibility index (Phi) is 4.87. The number of benzene rings is 1. The van der Waals surface area contributed by atoms with Crippen molar-refractivity contribution >= 4 is 23.5 Å². The van der Waals surface area contributed by atoms with Gasteiger partial charge in [0.15, 0.2) is 0 Å². The maximum atomic E-state index is 13.0. The smallest absolute Gasteiger partial charge is 0.327 e. The summed E-state index contributed by atoms with van der Waals surface area (Å²) >= 11 is 0. The molecule has 0 spiro atoms. The van der Waals surface area contributed by atoms with E-state index in [4.69, 9.17) is 0 Å². The van der Waals surface area contributed by atoms with Crippen LogP contribution in [0.15, 0.2) is 24.3 Å². The van der Waals surface area contributed by atoms with E-state index in [-0.39, 0.29) is 12.4 Å². The Bertz CT molecular complexity index is 671. The molecular formula is C17H21FN4O3. The van der Waals surface area contributed by atoms with Crippen LogP contribution in [0.5, 0.6) is 0 Å². The molecule has 0 atom stereocenters. The minimum Gasteiger partial charge on any atom is -0.368 e. The second kappa shape index (κ2) is 7.08. The highest BCUT2D eigenvalue weighted by Crippen LogP contribution is 2.18. The Morgan fingerprint density at radius 3 is 2.20 bits per heavy atom. The molecule has 0 aromatic heterocycles. The lowest BCUT2D eigenvalue weighted by molar-refractivity contribution is -0.153. The van der Waals surface area contributed by atoms with E-state index in [9.17, 15) is 18.8 Å². The number of piperazine rings is 2. The number of nitrogens with zero attached hydrogens (tertiary/aromatic N) is 4. The van der Waals surface area contributed by atoms with E-state index in [0.717, 1.165) is 10.6 Å². The van der Waals surface area contributed by atoms with Gasteiger partial charge < -0.3 is 14.7 Å². The van der Waals surface area contributed by atoms with Crippen molar-refractivity contribution in [2.75, 3.05) is 50.7 Å². The Morgan fingerprint density at radius 2 is 1.60 bits per heavy atom. The van der Waals surface area contributed by atoms with Gasteiger partial charge in [-0.05, 0) is 31.2 Å². The maximum Gasteiger partial charge on any atom is 0.327 e. The van der Waals surface area contributed by atoms with E-state index in [1.165, 1.54) is 17.0 Å². The molecule has 2 heterocycles. The molecule has 8 heteroatoms. The van der Waals surface area contributed by atoms with E-state index >= 15 is 0 Å². The minimum absolute atomic E-state index is 0.232. The van der Waals surface area contributed by atoms with Gasteiger partial charge in [0.2, 0.25) is 0 Å². The molecule has 25 heavy (non-hydrogen) atoms. The first-order valence-corrected chi connectivity index (χ1v) is 8.41. The van der Waals surface area contributed by atoms with Crippen LogP contribution in [-0.2, 0) is 9.59 Å². The molecule has 0 unspecified atom stereocenters. The number of amides is 4. The summed E-state index contributed by atoms with van der Waals surface area (Å²) in [6.07, 6.45) is 0. The molecule has 1 aromatic rings. The summed E-state index contributed by atoms with van der Waals surface area (Å²) in [5, 5.41) is 0. The quantitative estimate of drug-likeness (QED) is 0.740. The molecule has 1 aromatic carbocycles. The fraction of sp³-hybridized carbons (Fsp3) is 0.471. The molecule has 0 radical (unpaired) electrons. The standard InChI is InChI=1S/C17H21FN4O3/c1-2-19-11-12-22(16(24)15(19)23)17(25)21-9-7-20(8-10-21)14-5-3-13(18)4-6-14/h3-6H,2,7-12H2,1H3. The van der Waals surface area contributed by atoms with Crippen LogP contribution < -0.4 is 4.90 Å². The van der Waals surface area contributed by atoms with Crippen LogP contribution >= 0.6 is 0 Å². The number of hydrogen-bond acceptors (Lipinski definition) is 4. The Labute approximate surface area is 145 Å². The Balaban J connectivity index is 1.59.